The highest BCUT2D eigenvalue weighted by Gasteiger charge is 2.41. The highest BCUT2D eigenvalue weighted by molar-refractivity contribution is 7.13. The minimum absolute atomic E-state index is 0.0876. The number of hydrogen-bond acceptors (Lipinski definition) is 4. The maximum atomic E-state index is 14.6. The average Bonchev–Trinajstić information content (AvgIpc) is 3.24. The monoisotopic (exact) mass is 359 g/mol. The van der Waals surface area contributed by atoms with Crippen molar-refractivity contribution in [1.29, 1.82) is 0 Å². The first-order valence-electron chi connectivity index (χ1n) is 9.33. The molecule has 1 aliphatic carbocycles. The van der Waals surface area contributed by atoms with Crippen molar-refractivity contribution in [3.8, 4) is 0 Å². The number of rotatable bonds is 3. The molecule has 1 aromatic carbocycles. The molecule has 4 rings (SSSR count). The van der Waals surface area contributed by atoms with E-state index in [4.69, 9.17) is 4.98 Å². The third-order valence-corrected chi connectivity index (χ3v) is 6.72. The Morgan fingerprint density at radius 2 is 1.84 bits per heavy atom. The van der Waals surface area contributed by atoms with Crippen LogP contribution in [0, 0.1) is 5.82 Å². The highest BCUT2D eigenvalue weighted by Crippen LogP contribution is 2.48. The van der Waals surface area contributed by atoms with E-state index in [1.165, 1.54) is 6.42 Å². The SMILES string of the molecule is CN1CCCN(c2nc(C3(c4ccccc4F)CCCC3)cs2)CC1. The van der Waals surface area contributed by atoms with E-state index in [2.05, 4.69) is 22.2 Å². The van der Waals surface area contributed by atoms with Crippen molar-refractivity contribution in [3.63, 3.8) is 0 Å². The zero-order chi connectivity index (χ0) is 17.3. The van der Waals surface area contributed by atoms with Crippen LogP contribution in [-0.4, -0.2) is 43.1 Å². The standard InChI is InChI=1S/C20H26FN3S/c1-23-11-6-12-24(14-13-23)19-22-18(15-25-19)20(9-4-5-10-20)16-7-2-3-8-17(16)21/h2-3,7-8,15H,4-6,9-14H2,1H3. The Balaban J connectivity index is 1.66. The van der Waals surface area contributed by atoms with Gasteiger partial charge in [-0.05, 0) is 44.5 Å². The van der Waals surface area contributed by atoms with Crippen molar-refractivity contribution in [2.75, 3.05) is 38.1 Å². The van der Waals surface area contributed by atoms with E-state index >= 15 is 0 Å². The lowest BCUT2D eigenvalue weighted by Gasteiger charge is -2.28. The molecule has 0 N–H and O–H groups in total. The van der Waals surface area contributed by atoms with E-state index in [-0.39, 0.29) is 11.2 Å². The molecule has 3 nitrogen and oxygen atoms in total. The summed E-state index contributed by atoms with van der Waals surface area (Å²) in [6, 6.07) is 7.28. The molecular weight excluding hydrogens is 333 g/mol. The maximum absolute atomic E-state index is 14.6. The van der Waals surface area contributed by atoms with Crippen molar-refractivity contribution in [2.24, 2.45) is 0 Å². The molecule has 2 fully saturated rings. The summed E-state index contributed by atoms with van der Waals surface area (Å²) in [5, 5.41) is 3.29. The predicted octanol–water partition coefficient (Wildman–Crippen LogP) is 4.28. The fourth-order valence-corrected chi connectivity index (χ4v) is 5.34. The zero-order valence-electron chi connectivity index (χ0n) is 14.9. The minimum Gasteiger partial charge on any atom is -0.347 e. The molecule has 2 heterocycles. The van der Waals surface area contributed by atoms with Crippen LogP contribution in [0.25, 0.3) is 0 Å². The van der Waals surface area contributed by atoms with E-state index in [1.54, 1.807) is 23.5 Å². The lowest BCUT2D eigenvalue weighted by atomic mass is 9.76. The zero-order valence-corrected chi connectivity index (χ0v) is 15.7. The van der Waals surface area contributed by atoms with Crippen LogP contribution in [0.3, 0.4) is 0 Å². The van der Waals surface area contributed by atoms with Gasteiger partial charge in [0.15, 0.2) is 5.13 Å². The largest absolute Gasteiger partial charge is 0.347 e. The molecule has 134 valence electrons. The number of aromatic nitrogens is 1. The fraction of sp³-hybridized carbons (Fsp3) is 0.550. The molecule has 2 aromatic rings. The lowest BCUT2D eigenvalue weighted by molar-refractivity contribution is 0.360. The Labute approximate surface area is 153 Å². The molecule has 0 spiro atoms. The molecule has 0 atom stereocenters. The first kappa shape index (κ1) is 17.0. The molecule has 5 heteroatoms. The summed E-state index contributed by atoms with van der Waals surface area (Å²) in [5.74, 6) is -0.0876. The Morgan fingerprint density at radius 3 is 2.64 bits per heavy atom. The summed E-state index contributed by atoms with van der Waals surface area (Å²) in [7, 11) is 2.18. The van der Waals surface area contributed by atoms with Crippen LogP contribution in [-0.2, 0) is 5.41 Å². The van der Waals surface area contributed by atoms with Gasteiger partial charge >= 0.3 is 0 Å². The topological polar surface area (TPSA) is 19.4 Å². The normalized spacial score (nSPS) is 21.4. The number of thiazole rings is 1. The van der Waals surface area contributed by atoms with Crippen LogP contribution in [0.5, 0.6) is 0 Å². The Morgan fingerprint density at radius 1 is 1.04 bits per heavy atom. The van der Waals surface area contributed by atoms with Gasteiger partial charge in [0.25, 0.3) is 0 Å². The number of benzene rings is 1. The first-order chi connectivity index (χ1) is 12.2. The van der Waals surface area contributed by atoms with E-state index < -0.39 is 0 Å². The first-order valence-corrected chi connectivity index (χ1v) is 10.2. The molecule has 1 saturated carbocycles. The van der Waals surface area contributed by atoms with Crippen molar-refractivity contribution >= 4 is 16.5 Å². The van der Waals surface area contributed by atoms with Crippen molar-refractivity contribution < 1.29 is 4.39 Å². The van der Waals surface area contributed by atoms with E-state index in [0.717, 1.165) is 68.3 Å². The molecule has 0 amide bonds. The third kappa shape index (κ3) is 3.20. The lowest BCUT2D eigenvalue weighted by Crippen LogP contribution is -2.29. The summed E-state index contributed by atoms with van der Waals surface area (Å²) < 4.78 is 14.6. The number of halogens is 1. The van der Waals surface area contributed by atoms with Gasteiger partial charge < -0.3 is 9.80 Å². The molecule has 0 radical (unpaired) electrons. The molecule has 1 aromatic heterocycles. The van der Waals surface area contributed by atoms with Crippen molar-refractivity contribution in [3.05, 3.63) is 46.7 Å². The van der Waals surface area contributed by atoms with E-state index in [0.29, 0.717) is 0 Å². The van der Waals surface area contributed by atoms with E-state index in [1.807, 2.05) is 12.1 Å². The van der Waals surface area contributed by atoms with Crippen LogP contribution in [0.4, 0.5) is 9.52 Å². The van der Waals surface area contributed by atoms with Gasteiger partial charge in [0, 0.05) is 30.4 Å². The Bertz CT molecular complexity index is 723. The van der Waals surface area contributed by atoms with Crippen LogP contribution >= 0.6 is 11.3 Å². The molecule has 25 heavy (non-hydrogen) atoms. The second-order valence-electron chi connectivity index (χ2n) is 7.43. The summed E-state index contributed by atoms with van der Waals surface area (Å²) in [4.78, 5) is 9.82. The maximum Gasteiger partial charge on any atom is 0.185 e. The summed E-state index contributed by atoms with van der Waals surface area (Å²) in [5.41, 5.74) is 1.68. The third-order valence-electron chi connectivity index (χ3n) is 5.82. The number of hydrogen-bond donors (Lipinski definition) is 0. The van der Waals surface area contributed by atoms with Crippen molar-refractivity contribution in [1.82, 2.24) is 9.88 Å². The minimum atomic E-state index is -0.233. The van der Waals surface area contributed by atoms with Crippen LogP contribution < -0.4 is 4.90 Å². The molecular formula is C20H26FN3S. The fourth-order valence-electron chi connectivity index (χ4n) is 4.36. The molecule has 2 aliphatic rings. The average molecular weight is 360 g/mol. The molecule has 0 unspecified atom stereocenters. The van der Waals surface area contributed by atoms with Crippen LogP contribution in [0.2, 0.25) is 0 Å². The van der Waals surface area contributed by atoms with Gasteiger partial charge in [-0.3, -0.25) is 0 Å². The summed E-state index contributed by atoms with van der Waals surface area (Å²) >= 11 is 1.73. The Hall–Kier alpha value is -1.46. The summed E-state index contributed by atoms with van der Waals surface area (Å²) in [6.45, 7) is 4.31. The molecule has 1 saturated heterocycles. The van der Waals surface area contributed by atoms with Gasteiger partial charge in [-0.15, -0.1) is 11.3 Å². The van der Waals surface area contributed by atoms with Gasteiger partial charge in [-0.25, -0.2) is 9.37 Å². The van der Waals surface area contributed by atoms with Gasteiger partial charge in [-0.2, -0.15) is 0 Å². The molecule has 1 aliphatic heterocycles. The summed E-state index contributed by atoms with van der Waals surface area (Å²) in [6.07, 6.45) is 5.47. The van der Waals surface area contributed by atoms with Crippen molar-refractivity contribution in [2.45, 2.75) is 37.5 Å². The van der Waals surface area contributed by atoms with Crippen LogP contribution in [0.15, 0.2) is 29.6 Å². The Kier molecular flexibility index (Phi) is 4.78. The van der Waals surface area contributed by atoms with Gasteiger partial charge in [-0.1, -0.05) is 31.0 Å². The number of likely N-dealkylation sites (N-methyl/N-ethyl adjacent to an activating group) is 1. The molecule has 0 bridgehead atoms. The highest BCUT2D eigenvalue weighted by atomic mass is 32.1. The number of anilines is 1. The van der Waals surface area contributed by atoms with Gasteiger partial charge in [0.05, 0.1) is 5.69 Å². The van der Waals surface area contributed by atoms with Crippen LogP contribution in [0.1, 0.15) is 43.4 Å². The quantitative estimate of drug-likeness (QED) is 0.815. The predicted molar refractivity (Wildman–Crippen MR) is 102 cm³/mol. The second kappa shape index (κ2) is 7.04. The second-order valence-corrected chi connectivity index (χ2v) is 8.26. The smallest absolute Gasteiger partial charge is 0.185 e. The number of nitrogens with zero attached hydrogens (tertiary/aromatic N) is 3. The van der Waals surface area contributed by atoms with Gasteiger partial charge in [0.2, 0.25) is 0 Å². The van der Waals surface area contributed by atoms with Gasteiger partial charge in [0.1, 0.15) is 5.82 Å². The van der Waals surface area contributed by atoms with E-state index in [9.17, 15) is 4.39 Å².